The highest BCUT2D eigenvalue weighted by atomic mass is 35.5. The van der Waals surface area contributed by atoms with Crippen molar-refractivity contribution in [3.8, 4) is 0 Å². The van der Waals surface area contributed by atoms with Crippen molar-refractivity contribution in [3.63, 3.8) is 0 Å². The summed E-state index contributed by atoms with van der Waals surface area (Å²) in [6.07, 6.45) is 6.71. The van der Waals surface area contributed by atoms with E-state index in [-0.39, 0.29) is 0 Å². The highest BCUT2D eigenvalue weighted by molar-refractivity contribution is 6.30. The summed E-state index contributed by atoms with van der Waals surface area (Å²) in [4.78, 5) is 0. The second-order valence-corrected chi connectivity index (χ2v) is 5.68. The summed E-state index contributed by atoms with van der Waals surface area (Å²) in [6, 6.07) is 8.47. The molecular formula is C16H24ClNO. The third-order valence-electron chi connectivity index (χ3n) is 3.81. The third-order valence-corrected chi connectivity index (χ3v) is 4.04. The van der Waals surface area contributed by atoms with Crippen LogP contribution < -0.4 is 5.32 Å². The molecule has 1 saturated carbocycles. The zero-order valence-corrected chi connectivity index (χ0v) is 12.5. The second-order valence-electron chi connectivity index (χ2n) is 5.25. The molecule has 0 amide bonds. The SMILES string of the molecule is CCC(NCCOC1CCCC1)c1cccc(Cl)c1. The van der Waals surface area contributed by atoms with Crippen LogP contribution in [0.2, 0.25) is 5.02 Å². The van der Waals surface area contributed by atoms with Gasteiger partial charge in [0.25, 0.3) is 0 Å². The molecule has 2 nitrogen and oxygen atoms in total. The lowest BCUT2D eigenvalue weighted by atomic mass is 10.0. The van der Waals surface area contributed by atoms with Gasteiger partial charge in [-0.15, -0.1) is 0 Å². The van der Waals surface area contributed by atoms with Crippen LogP contribution in [0.1, 0.15) is 50.6 Å². The van der Waals surface area contributed by atoms with Crippen LogP contribution in [0.15, 0.2) is 24.3 Å². The predicted molar refractivity (Wildman–Crippen MR) is 80.7 cm³/mol. The van der Waals surface area contributed by atoms with Crippen LogP contribution in [-0.4, -0.2) is 19.3 Å². The van der Waals surface area contributed by atoms with E-state index in [1.807, 2.05) is 18.2 Å². The molecule has 1 aromatic carbocycles. The van der Waals surface area contributed by atoms with E-state index in [1.165, 1.54) is 31.2 Å². The fourth-order valence-corrected chi connectivity index (χ4v) is 2.93. The molecule has 0 heterocycles. The molecule has 2 rings (SSSR count). The van der Waals surface area contributed by atoms with Gasteiger partial charge >= 0.3 is 0 Å². The molecule has 19 heavy (non-hydrogen) atoms. The molecule has 0 radical (unpaired) electrons. The van der Waals surface area contributed by atoms with Crippen LogP contribution in [0.5, 0.6) is 0 Å². The number of halogens is 1. The van der Waals surface area contributed by atoms with Gasteiger partial charge in [0.2, 0.25) is 0 Å². The summed E-state index contributed by atoms with van der Waals surface area (Å²) < 4.78 is 5.87. The van der Waals surface area contributed by atoms with Crippen molar-refractivity contribution < 1.29 is 4.74 Å². The standard InChI is InChI=1S/C16H24ClNO/c1-2-16(13-6-5-7-14(17)12-13)18-10-11-19-15-8-3-4-9-15/h5-7,12,15-16,18H,2-4,8-11H2,1H3. The molecule has 0 bridgehead atoms. The minimum Gasteiger partial charge on any atom is -0.377 e. The number of rotatable bonds is 7. The molecule has 0 spiro atoms. The van der Waals surface area contributed by atoms with Gasteiger partial charge in [0.15, 0.2) is 0 Å². The van der Waals surface area contributed by atoms with Gasteiger partial charge < -0.3 is 10.1 Å². The molecule has 1 aliphatic rings. The van der Waals surface area contributed by atoms with E-state index in [2.05, 4.69) is 18.3 Å². The van der Waals surface area contributed by atoms with E-state index < -0.39 is 0 Å². The minimum atomic E-state index is 0.367. The first-order valence-electron chi connectivity index (χ1n) is 7.40. The van der Waals surface area contributed by atoms with E-state index in [1.54, 1.807) is 0 Å². The molecule has 1 atom stereocenters. The summed E-state index contributed by atoms with van der Waals surface area (Å²) in [5.74, 6) is 0. The van der Waals surface area contributed by atoms with E-state index in [0.717, 1.165) is 24.6 Å². The van der Waals surface area contributed by atoms with E-state index in [4.69, 9.17) is 16.3 Å². The van der Waals surface area contributed by atoms with E-state index in [9.17, 15) is 0 Å². The number of benzene rings is 1. The first-order chi connectivity index (χ1) is 9.29. The first-order valence-corrected chi connectivity index (χ1v) is 7.78. The normalized spacial score (nSPS) is 17.8. The Morgan fingerprint density at radius 2 is 2.16 bits per heavy atom. The molecule has 3 heteroatoms. The van der Waals surface area contributed by atoms with E-state index >= 15 is 0 Å². The lowest BCUT2D eigenvalue weighted by Gasteiger charge is -2.18. The van der Waals surface area contributed by atoms with Gasteiger partial charge in [-0.25, -0.2) is 0 Å². The van der Waals surface area contributed by atoms with Gasteiger partial charge in [-0.3, -0.25) is 0 Å². The molecule has 0 aromatic heterocycles. The quantitative estimate of drug-likeness (QED) is 0.751. The van der Waals surface area contributed by atoms with Crippen LogP contribution in [0.4, 0.5) is 0 Å². The van der Waals surface area contributed by atoms with Gasteiger partial charge in [-0.05, 0) is 37.0 Å². The van der Waals surface area contributed by atoms with Crippen molar-refractivity contribution in [2.45, 2.75) is 51.2 Å². The Morgan fingerprint density at radius 1 is 1.37 bits per heavy atom. The zero-order valence-electron chi connectivity index (χ0n) is 11.7. The summed E-state index contributed by atoms with van der Waals surface area (Å²) in [7, 11) is 0. The molecule has 1 N–H and O–H groups in total. The van der Waals surface area contributed by atoms with Crippen LogP contribution in [-0.2, 0) is 4.74 Å². The van der Waals surface area contributed by atoms with Crippen molar-refractivity contribution in [2.75, 3.05) is 13.2 Å². The topological polar surface area (TPSA) is 21.3 Å². The van der Waals surface area contributed by atoms with Crippen molar-refractivity contribution >= 4 is 11.6 Å². The highest BCUT2D eigenvalue weighted by Gasteiger charge is 2.15. The Kier molecular flexibility index (Phi) is 6.15. The maximum atomic E-state index is 6.04. The maximum absolute atomic E-state index is 6.04. The monoisotopic (exact) mass is 281 g/mol. The summed E-state index contributed by atoms with van der Waals surface area (Å²) in [6.45, 7) is 3.90. The molecule has 106 valence electrons. The number of nitrogens with one attached hydrogen (secondary N) is 1. The fraction of sp³-hybridized carbons (Fsp3) is 0.625. The number of hydrogen-bond acceptors (Lipinski definition) is 2. The smallest absolute Gasteiger partial charge is 0.0594 e. The predicted octanol–water partition coefficient (Wildman–Crippen LogP) is 4.34. The summed E-state index contributed by atoms with van der Waals surface area (Å²) in [5, 5.41) is 4.36. The molecule has 0 aliphatic heterocycles. The van der Waals surface area contributed by atoms with Crippen LogP contribution in [0, 0.1) is 0 Å². The molecule has 0 saturated heterocycles. The van der Waals surface area contributed by atoms with Gasteiger partial charge in [0, 0.05) is 17.6 Å². The number of hydrogen-bond donors (Lipinski definition) is 1. The highest BCUT2D eigenvalue weighted by Crippen LogP contribution is 2.21. The van der Waals surface area contributed by atoms with Crippen LogP contribution >= 0.6 is 11.6 Å². The third kappa shape index (κ3) is 4.79. The lowest BCUT2D eigenvalue weighted by Crippen LogP contribution is -2.26. The Balaban J connectivity index is 1.73. The van der Waals surface area contributed by atoms with E-state index in [0.29, 0.717) is 12.1 Å². The molecular weight excluding hydrogens is 258 g/mol. The van der Waals surface area contributed by atoms with Crippen LogP contribution in [0.3, 0.4) is 0 Å². The second kappa shape index (κ2) is 7.88. The Morgan fingerprint density at radius 3 is 2.84 bits per heavy atom. The van der Waals surface area contributed by atoms with Crippen LogP contribution in [0.25, 0.3) is 0 Å². The van der Waals surface area contributed by atoms with Crippen molar-refractivity contribution in [1.29, 1.82) is 0 Å². The molecule has 1 unspecified atom stereocenters. The fourth-order valence-electron chi connectivity index (χ4n) is 2.73. The zero-order chi connectivity index (χ0) is 13.5. The van der Waals surface area contributed by atoms with Crippen molar-refractivity contribution in [1.82, 2.24) is 5.32 Å². The minimum absolute atomic E-state index is 0.367. The Bertz CT molecular complexity index is 377. The molecule has 1 aliphatic carbocycles. The van der Waals surface area contributed by atoms with Crippen molar-refractivity contribution in [3.05, 3.63) is 34.9 Å². The summed E-state index contributed by atoms with van der Waals surface area (Å²) in [5.41, 5.74) is 1.26. The Labute approximate surface area is 121 Å². The molecule has 1 aromatic rings. The largest absolute Gasteiger partial charge is 0.377 e. The Hall–Kier alpha value is -0.570. The van der Waals surface area contributed by atoms with Crippen molar-refractivity contribution in [2.24, 2.45) is 0 Å². The average Bonchev–Trinajstić information content (AvgIpc) is 2.92. The average molecular weight is 282 g/mol. The molecule has 1 fully saturated rings. The van der Waals surface area contributed by atoms with Gasteiger partial charge in [-0.2, -0.15) is 0 Å². The van der Waals surface area contributed by atoms with Gasteiger partial charge in [0.05, 0.1) is 12.7 Å². The van der Waals surface area contributed by atoms with Gasteiger partial charge in [-0.1, -0.05) is 43.5 Å². The number of ether oxygens (including phenoxy) is 1. The maximum Gasteiger partial charge on any atom is 0.0594 e. The lowest BCUT2D eigenvalue weighted by molar-refractivity contribution is 0.0590. The summed E-state index contributed by atoms with van der Waals surface area (Å²) >= 11 is 6.04. The van der Waals surface area contributed by atoms with Gasteiger partial charge in [0.1, 0.15) is 0 Å². The first kappa shape index (κ1) is 14.8.